The Morgan fingerprint density at radius 2 is 1.97 bits per heavy atom. The fourth-order valence-electron chi connectivity index (χ4n) is 3.68. The molecule has 2 aromatic carbocycles. The molecule has 2 aromatic rings. The summed E-state index contributed by atoms with van der Waals surface area (Å²) in [5.74, 6) is -1.05. The summed E-state index contributed by atoms with van der Waals surface area (Å²) in [6.45, 7) is 1.17. The number of likely N-dealkylation sites (tertiary alicyclic amines) is 1. The first-order valence-corrected chi connectivity index (χ1v) is 10.0. The van der Waals surface area contributed by atoms with Crippen LogP contribution in [0.3, 0.4) is 0 Å². The van der Waals surface area contributed by atoms with Crippen LogP contribution in [0.2, 0.25) is 0 Å². The lowest BCUT2D eigenvalue weighted by atomic mass is 9.98. The van der Waals surface area contributed by atoms with Gasteiger partial charge in [-0.25, -0.2) is 4.39 Å². The molecule has 0 aliphatic carbocycles. The molecule has 1 heterocycles. The van der Waals surface area contributed by atoms with Gasteiger partial charge < -0.3 is 21.7 Å². The van der Waals surface area contributed by atoms with E-state index in [0.29, 0.717) is 25.1 Å². The van der Waals surface area contributed by atoms with Crippen LogP contribution in [0.4, 0.5) is 4.39 Å². The number of nitrogens with zero attached hydrogens (tertiary/aromatic N) is 2. The Morgan fingerprint density at radius 1 is 1.23 bits per heavy atom. The van der Waals surface area contributed by atoms with E-state index in [-0.39, 0.29) is 29.0 Å². The van der Waals surface area contributed by atoms with Crippen LogP contribution in [0.1, 0.15) is 29.5 Å². The normalized spacial score (nSPS) is 16.8. The van der Waals surface area contributed by atoms with Crippen molar-refractivity contribution in [3.8, 4) is 6.19 Å². The minimum atomic E-state index is -0.799. The maximum atomic E-state index is 13.4. The molecule has 1 amide bonds. The number of halogens is 1. The lowest BCUT2D eigenvalue weighted by Crippen LogP contribution is -2.46. The van der Waals surface area contributed by atoms with Crippen LogP contribution in [0.5, 0.6) is 0 Å². The quantitative estimate of drug-likeness (QED) is 0.309. The van der Waals surface area contributed by atoms with Crippen LogP contribution in [0.15, 0.2) is 59.9 Å². The van der Waals surface area contributed by atoms with Crippen molar-refractivity contribution in [1.29, 1.82) is 10.7 Å². The number of hydrogen-bond donors (Lipinski definition) is 4. The van der Waals surface area contributed by atoms with Crippen molar-refractivity contribution >= 4 is 11.6 Å². The van der Waals surface area contributed by atoms with Crippen molar-refractivity contribution in [3.63, 3.8) is 0 Å². The minimum Gasteiger partial charge on any atom is -0.385 e. The molecule has 0 saturated carbocycles. The molecule has 3 rings (SSSR count). The number of nitrogens with two attached hydrogens (primary N) is 2. The summed E-state index contributed by atoms with van der Waals surface area (Å²) >= 11 is 0. The minimum absolute atomic E-state index is 0.0335. The van der Waals surface area contributed by atoms with E-state index in [1.807, 2.05) is 18.2 Å². The molecule has 7 nitrogen and oxygen atoms in total. The summed E-state index contributed by atoms with van der Waals surface area (Å²) in [7, 11) is 0. The zero-order valence-corrected chi connectivity index (χ0v) is 17.1. The third kappa shape index (κ3) is 5.60. The number of carbonyl (C=O) groups excluding carboxylic acids is 1. The summed E-state index contributed by atoms with van der Waals surface area (Å²) in [4.78, 5) is 13.7. The van der Waals surface area contributed by atoms with Crippen LogP contribution in [-0.4, -0.2) is 35.7 Å². The first kappa shape index (κ1) is 21.8. The number of benzene rings is 2. The predicted molar refractivity (Wildman–Crippen MR) is 116 cm³/mol. The van der Waals surface area contributed by atoms with Gasteiger partial charge in [0.25, 0.3) is 5.91 Å². The molecule has 8 heteroatoms. The number of primary amides is 1. The number of amides is 1. The third-order valence-electron chi connectivity index (χ3n) is 5.23. The fourth-order valence-corrected chi connectivity index (χ4v) is 3.68. The van der Waals surface area contributed by atoms with Gasteiger partial charge in [-0.1, -0.05) is 36.4 Å². The van der Waals surface area contributed by atoms with Crippen molar-refractivity contribution in [3.05, 3.63) is 82.4 Å². The van der Waals surface area contributed by atoms with Gasteiger partial charge >= 0.3 is 0 Å². The molecule has 6 N–H and O–H groups in total. The molecule has 31 heavy (non-hydrogen) atoms. The Balaban J connectivity index is 1.75. The van der Waals surface area contributed by atoms with Crippen LogP contribution in [-0.2, 0) is 11.2 Å². The van der Waals surface area contributed by atoms with Gasteiger partial charge in [-0.15, -0.1) is 0 Å². The van der Waals surface area contributed by atoms with Crippen molar-refractivity contribution in [2.75, 3.05) is 13.1 Å². The van der Waals surface area contributed by atoms with Crippen molar-refractivity contribution in [2.45, 2.75) is 25.3 Å². The van der Waals surface area contributed by atoms with Crippen LogP contribution >= 0.6 is 0 Å². The van der Waals surface area contributed by atoms with E-state index in [2.05, 4.69) is 11.5 Å². The van der Waals surface area contributed by atoms with Gasteiger partial charge in [0, 0.05) is 24.7 Å². The van der Waals surface area contributed by atoms with E-state index in [1.54, 1.807) is 23.1 Å². The van der Waals surface area contributed by atoms with Gasteiger partial charge in [-0.2, -0.15) is 5.26 Å². The Bertz CT molecular complexity index is 1040. The molecule has 0 spiro atoms. The smallest absolute Gasteiger partial charge is 0.254 e. The second-order valence-corrected chi connectivity index (χ2v) is 7.56. The first-order valence-electron chi connectivity index (χ1n) is 10.0. The summed E-state index contributed by atoms with van der Waals surface area (Å²) in [6.07, 6.45) is 4.29. The molecule has 160 valence electrons. The zero-order valence-electron chi connectivity index (χ0n) is 17.1. The Labute approximate surface area is 180 Å². The Kier molecular flexibility index (Phi) is 6.88. The second-order valence-electron chi connectivity index (χ2n) is 7.56. The molecule has 0 aromatic heterocycles. The van der Waals surface area contributed by atoms with Crippen LogP contribution < -0.4 is 16.8 Å². The van der Waals surface area contributed by atoms with Gasteiger partial charge in [0.1, 0.15) is 17.2 Å². The van der Waals surface area contributed by atoms with E-state index >= 15 is 0 Å². The number of nitrogens with one attached hydrogen (secondary N) is 2. The predicted octanol–water partition coefficient (Wildman–Crippen LogP) is 1.98. The van der Waals surface area contributed by atoms with Gasteiger partial charge in [-0.3, -0.25) is 10.2 Å². The molecule has 1 unspecified atom stereocenters. The highest BCUT2D eigenvalue weighted by Gasteiger charge is 2.23. The summed E-state index contributed by atoms with van der Waals surface area (Å²) < 4.78 is 13.4. The van der Waals surface area contributed by atoms with Gasteiger partial charge in [0.2, 0.25) is 0 Å². The first-order chi connectivity index (χ1) is 14.9. The monoisotopic (exact) mass is 420 g/mol. The lowest BCUT2D eigenvalue weighted by Gasteiger charge is -2.30. The van der Waals surface area contributed by atoms with E-state index in [9.17, 15) is 9.18 Å². The molecule has 0 radical (unpaired) electrons. The third-order valence-corrected chi connectivity index (χ3v) is 5.23. The van der Waals surface area contributed by atoms with Gasteiger partial charge in [0.05, 0.1) is 5.71 Å². The highest BCUT2D eigenvalue weighted by atomic mass is 19.1. The molecule has 1 aliphatic heterocycles. The molecule has 1 saturated heterocycles. The maximum Gasteiger partial charge on any atom is 0.254 e. The molecule has 1 aliphatic rings. The van der Waals surface area contributed by atoms with E-state index in [0.717, 1.165) is 24.0 Å². The van der Waals surface area contributed by atoms with Gasteiger partial charge in [0.15, 0.2) is 6.19 Å². The SMILES string of the molecule is N#CN1CCCC(N/C(N)=C(\C(=N)c2ccc(Cc3cccc(F)c3)cc2)C(N)=O)C1. The molecular formula is C23H25FN6O. The van der Waals surface area contributed by atoms with Crippen LogP contribution in [0.25, 0.3) is 0 Å². The Morgan fingerprint density at radius 3 is 2.61 bits per heavy atom. The average Bonchev–Trinajstić information content (AvgIpc) is 2.74. The van der Waals surface area contributed by atoms with E-state index in [1.165, 1.54) is 12.1 Å². The largest absolute Gasteiger partial charge is 0.385 e. The molecule has 0 bridgehead atoms. The summed E-state index contributed by atoms with van der Waals surface area (Å²) in [5.41, 5.74) is 13.7. The topological polar surface area (TPSA) is 132 Å². The van der Waals surface area contributed by atoms with Gasteiger partial charge in [-0.05, 0) is 42.5 Å². The maximum absolute atomic E-state index is 13.4. The van der Waals surface area contributed by atoms with Crippen molar-refractivity contribution in [1.82, 2.24) is 10.2 Å². The number of rotatable bonds is 7. The fraction of sp³-hybridized carbons (Fsp3) is 0.261. The summed E-state index contributed by atoms with van der Waals surface area (Å²) in [5, 5.41) is 20.6. The number of hydrogen-bond acceptors (Lipinski definition) is 6. The second kappa shape index (κ2) is 9.76. The van der Waals surface area contributed by atoms with E-state index < -0.39 is 5.91 Å². The zero-order chi connectivity index (χ0) is 22.4. The van der Waals surface area contributed by atoms with Crippen LogP contribution in [0, 0.1) is 22.7 Å². The summed E-state index contributed by atoms with van der Waals surface area (Å²) in [6, 6.07) is 13.4. The number of carbonyl (C=O) groups is 1. The highest BCUT2D eigenvalue weighted by Crippen LogP contribution is 2.16. The number of piperidine rings is 1. The highest BCUT2D eigenvalue weighted by molar-refractivity contribution is 6.26. The molecular weight excluding hydrogens is 395 g/mol. The lowest BCUT2D eigenvalue weighted by molar-refractivity contribution is -0.114. The molecule has 1 fully saturated rings. The average molecular weight is 420 g/mol. The number of nitriles is 1. The van der Waals surface area contributed by atoms with E-state index in [4.69, 9.17) is 22.1 Å². The standard InChI is InChI=1S/C23H25FN6O/c24-18-4-1-3-16(12-18)11-15-6-8-17(9-7-15)21(26)20(23(28)31)22(27)29-19-5-2-10-30(13-19)14-25/h1,3-4,6-9,12,19,26,29H,2,5,10-11,13,27H2,(H2,28,31)/b22-20+,26-21?. The molecule has 1 atom stereocenters. The van der Waals surface area contributed by atoms with Crippen molar-refractivity contribution in [2.24, 2.45) is 11.5 Å². The van der Waals surface area contributed by atoms with Crippen molar-refractivity contribution < 1.29 is 9.18 Å². The Hall–Kier alpha value is -3.86.